The minimum atomic E-state index is -4.46. The molecule has 0 amide bonds. The Morgan fingerprint density at radius 1 is 1.41 bits per heavy atom. The van der Waals surface area contributed by atoms with Gasteiger partial charge in [0.1, 0.15) is 5.78 Å². The van der Waals surface area contributed by atoms with Crippen molar-refractivity contribution in [3.63, 3.8) is 0 Å². The van der Waals surface area contributed by atoms with Gasteiger partial charge >= 0.3 is 6.18 Å². The largest absolute Gasteiger partial charge is 0.416 e. The minimum absolute atomic E-state index is 0.00984. The maximum atomic E-state index is 12.8. The summed E-state index contributed by atoms with van der Waals surface area (Å²) in [4.78, 5) is 10.3. The molecule has 94 valence electrons. The Kier molecular flexibility index (Phi) is 4.77. The van der Waals surface area contributed by atoms with Gasteiger partial charge in [0, 0.05) is 5.33 Å². The van der Waals surface area contributed by atoms with E-state index in [0.29, 0.717) is 5.56 Å². The molecule has 1 rings (SSSR count). The van der Waals surface area contributed by atoms with Crippen LogP contribution in [-0.2, 0) is 16.3 Å². The van der Waals surface area contributed by atoms with Crippen LogP contribution in [0.3, 0.4) is 0 Å². The third-order valence-corrected chi connectivity index (χ3v) is 3.96. The summed E-state index contributed by atoms with van der Waals surface area (Å²) >= 11 is 6.14. The predicted octanol–water partition coefficient (Wildman–Crippen LogP) is 4.63. The van der Waals surface area contributed by atoms with Crippen molar-refractivity contribution in [1.82, 2.24) is 0 Å². The van der Waals surface area contributed by atoms with Crippen LogP contribution in [0.2, 0.25) is 0 Å². The van der Waals surface area contributed by atoms with Crippen LogP contribution in [0.1, 0.15) is 28.4 Å². The summed E-state index contributed by atoms with van der Waals surface area (Å²) in [5.41, 5.74) is -0.326. The number of halogens is 5. The molecule has 17 heavy (non-hydrogen) atoms. The molecule has 1 atom stereocenters. The van der Waals surface area contributed by atoms with E-state index >= 15 is 0 Å². The summed E-state index contributed by atoms with van der Waals surface area (Å²) in [5.74, 6) is -0.358. The number of hydrogen-bond acceptors (Lipinski definition) is 1. The summed E-state index contributed by atoms with van der Waals surface area (Å²) < 4.78 is 38.5. The van der Waals surface area contributed by atoms with Crippen LogP contribution >= 0.6 is 31.9 Å². The lowest BCUT2D eigenvalue weighted by atomic mass is 9.97. The van der Waals surface area contributed by atoms with Crippen molar-refractivity contribution in [3.8, 4) is 0 Å². The third-order valence-electron chi connectivity index (χ3n) is 2.26. The lowest BCUT2D eigenvalue weighted by Gasteiger charge is -2.18. The number of hydrogen-bond donors (Lipinski definition) is 0. The van der Waals surface area contributed by atoms with Gasteiger partial charge in [0.25, 0.3) is 0 Å². The number of ketones is 1. The number of alkyl halides is 5. The molecular formula is C11H9Br2F3O. The van der Waals surface area contributed by atoms with Gasteiger partial charge in [-0.25, -0.2) is 0 Å². The molecule has 0 saturated carbocycles. The van der Waals surface area contributed by atoms with Gasteiger partial charge in [0.2, 0.25) is 0 Å². The highest BCUT2D eigenvalue weighted by Gasteiger charge is 2.36. The molecule has 1 nitrogen and oxygen atoms in total. The van der Waals surface area contributed by atoms with Gasteiger partial charge in [0.15, 0.2) is 0 Å². The lowest BCUT2D eigenvalue weighted by Crippen LogP contribution is -2.15. The average Bonchev–Trinajstić information content (AvgIpc) is 2.25. The molecular weight excluding hydrogens is 365 g/mol. The van der Waals surface area contributed by atoms with E-state index in [1.165, 1.54) is 13.0 Å². The second-order valence-electron chi connectivity index (χ2n) is 3.48. The highest BCUT2D eigenvalue weighted by Crippen LogP contribution is 2.39. The molecule has 6 heteroatoms. The fourth-order valence-electron chi connectivity index (χ4n) is 1.48. The molecule has 0 N–H and O–H groups in total. The molecule has 0 saturated heterocycles. The first kappa shape index (κ1) is 14.7. The fraction of sp³-hybridized carbons (Fsp3) is 0.364. The number of carbonyl (C=O) groups excluding carboxylic acids is 1. The average molecular weight is 374 g/mol. The maximum Gasteiger partial charge on any atom is 0.416 e. The summed E-state index contributed by atoms with van der Waals surface area (Å²) in [6.45, 7) is 1.25. The van der Waals surface area contributed by atoms with Crippen LogP contribution in [-0.4, -0.2) is 5.78 Å². The van der Waals surface area contributed by atoms with Crippen LogP contribution in [0.4, 0.5) is 13.2 Å². The van der Waals surface area contributed by atoms with Crippen molar-refractivity contribution in [2.75, 3.05) is 0 Å². The van der Waals surface area contributed by atoms with E-state index < -0.39 is 16.6 Å². The van der Waals surface area contributed by atoms with Crippen molar-refractivity contribution >= 4 is 37.6 Å². The first-order chi connectivity index (χ1) is 7.79. The van der Waals surface area contributed by atoms with Gasteiger partial charge in [-0.3, -0.25) is 4.79 Å². The van der Waals surface area contributed by atoms with Crippen LogP contribution in [0, 0.1) is 0 Å². The minimum Gasteiger partial charge on any atom is -0.298 e. The molecule has 0 aliphatic carbocycles. The lowest BCUT2D eigenvalue weighted by molar-refractivity contribution is -0.138. The molecule has 0 aliphatic heterocycles. The molecule has 1 aromatic carbocycles. The Bertz CT molecular complexity index is 429. The van der Waals surface area contributed by atoms with E-state index in [1.807, 2.05) is 0 Å². The zero-order valence-electron chi connectivity index (χ0n) is 8.81. The van der Waals surface area contributed by atoms with E-state index in [9.17, 15) is 18.0 Å². The van der Waals surface area contributed by atoms with Crippen molar-refractivity contribution < 1.29 is 18.0 Å². The number of benzene rings is 1. The molecule has 0 aromatic heterocycles. The second-order valence-corrected chi connectivity index (χ2v) is 4.96. The molecule has 0 aliphatic rings. The first-order valence-electron chi connectivity index (χ1n) is 4.68. The van der Waals surface area contributed by atoms with Gasteiger partial charge in [-0.05, 0) is 24.1 Å². The van der Waals surface area contributed by atoms with Gasteiger partial charge in [-0.2, -0.15) is 13.2 Å². The summed E-state index contributed by atoms with van der Waals surface area (Å²) in [6.07, 6.45) is -4.46. The van der Waals surface area contributed by atoms with E-state index in [0.717, 1.165) is 6.07 Å². The smallest absolute Gasteiger partial charge is 0.298 e. The van der Waals surface area contributed by atoms with E-state index in [4.69, 9.17) is 0 Å². The van der Waals surface area contributed by atoms with Crippen LogP contribution in [0.15, 0.2) is 18.2 Å². The highest BCUT2D eigenvalue weighted by atomic mass is 79.9. The zero-order chi connectivity index (χ0) is 13.2. The predicted molar refractivity (Wildman–Crippen MR) is 66.4 cm³/mol. The number of carbonyl (C=O) groups is 1. The number of rotatable bonds is 3. The Hall–Kier alpha value is -0.360. The van der Waals surface area contributed by atoms with Crippen LogP contribution in [0.25, 0.3) is 0 Å². The zero-order valence-corrected chi connectivity index (χ0v) is 12.0. The van der Waals surface area contributed by atoms with Crippen molar-refractivity contribution in [2.24, 2.45) is 0 Å². The quantitative estimate of drug-likeness (QED) is 0.706. The molecule has 0 bridgehead atoms. The Morgan fingerprint density at radius 3 is 2.41 bits per heavy atom. The van der Waals surface area contributed by atoms with Crippen LogP contribution in [0.5, 0.6) is 0 Å². The summed E-state index contributed by atoms with van der Waals surface area (Å²) in [7, 11) is 0. The summed E-state index contributed by atoms with van der Waals surface area (Å²) in [6, 6.07) is 3.89. The van der Waals surface area contributed by atoms with Gasteiger partial charge in [-0.15, -0.1) is 0 Å². The van der Waals surface area contributed by atoms with E-state index in [2.05, 4.69) is 31.9 Å². The normalized spacial score (nSPS) is 13.5. The Balaban J connectivity index is 3.46. The fourth-order valence-corrected chi connectivity index (χ4v) is 2.51. The molecule has 0 spiro atoms. The SMILES string of the molecule is CC(=O)C(Br)c1c(CBr)cccc1C(F)(F)F. The van der Waals surface area contributed by atoms with Gasteiger partial charge in [-0.1, -0.05) is 44.0 Å². The van der Waals surface area contributed by atoms with Gasteiger partial charge < -0.3 is 0 Å². The van der Waals surface area contributed by atoms with E-state index in [1.54, 1.807) is 6.07 Å². The maximum absolute atomic E-state index is 12.8. The van der Waals surface area contributed by atoms with Crippen molar-refractivity contribution in [2.45, 2.75) is 23.3 Å². The van der Waals surface area contributed by atoms with Crippen LogP contribution < -0.4 is 0 Å². The van der Waals surface area contributed by atoms with E-state index in [-0.39, 0.29) is 16.7 Å². The van der Waals surface area contributed by atoms with Crippen molar-refractivity contribution in [1.29, 1.82) is 0 Å². The van der Waals surface area contributed by atoms with Crippen molar-refractivity contribution in [3.05, 3.63) is 34.9 Å². The Labute approximate surface area is 114 Å². The molecule has 0 heterocycles. The molecule has 0 fully saturated rings. The molecule has 1 unspecified atom stereocenters. The first-order valence-corrected chi connectivity index (χ1v) is 6.72. The number of Topliss-reactive ketones (excluding diaryl/α,β-unsaturated/α-hetero) is 1. The third kappa shape index (κ3) is 3.31. The highest BCUT2D eigenvalue weighted by molar-refractivity contribution is 9.09. The second kappa shape index (κ2) is 5.52. The topological polar surface area (TPSA) is 17.1 Å². The summed E-state index contributed by atoms with van der Waals surface area (Å²) in [5, 5.41) is 0.266. The molecule has 1 aromatic rings. The molecule has 0 radical (unpaired) electrons. The monoisotopic (exact) mass is 372 g/mol. The van der Waals surface area contributed by atoms with Gasteiger partial charge in [0.05, 0.1) is 10.4 Å². The standard InChI is InChI=1S/C11H9Br2F3O/c1-6(17)10(13)9-7(5-12)3-2-4-8(9)11(14,15)16/h2-4,10H,5H2,1H3. The Morgan fingerprint density at radius 2 is 2.00 bits per heavy atom.